The third-order valence-corrected chi connectivity index (χ3v) is 7.95. The van der Waals surface area contributed by atoms with Crippen LogP contribution in [0.1, 0.15) is 30.2 Å². The number of hydrogen-bond donors (Lipinski definition) is 2. The van der Waals surface area contributed by atoms with Gasteiger partial charge in [0.2, 0.25) is 5.91 Å². The molecule has 45 heavy (non-hydrogen) atoms. The van der Waals surface area contributed by atoms with E-state index in [1.165, 1.54) is 40.1 Å². The molecular formula is C31H33F3N8O3. The number of anilines is 1. The van der Waals surface area contributed by atoms with E-state index in [1.807, 2.05) is 13.1 Å². The summed E-state index contributed by atoms with van der Waals surface area (Å²) in [5.74, 6) is -1.04. The molecule has 2 atom stereocenters. The van der Waals surface area contributed by atoms with E-state index in [-0.39, 0.29) is 22.9 Å². The predicted octanol–water partition coefficient (Wildman–Crippen LogP) is 2.83. The Kier molecular flexibility index (Phi) is 8.85. The summed E-state index contributed by atoms with van der Waals surface area (Å²) in [6, 6.07) is 13.6. The molecule has 1 unspecified atom stereocenters. The van der Waals surface area contributed by atoms with E-state index in [0.717, 1.165) is 25.1 Å². The van der Waals surface area contributed by atoms with Crippen LogP contribution in [-0.2, 0) is 15.8 Å². The van der Waals surface area contributed by atoms with Crippen molar-refractivity contribution >= 4 is 23.2 Å². The third kappa shape index (κ3) is 6.36. The lowest BCUT2D eigenvalue weighted by molar-refractivity contribution is -0.137. The number of likely N-dealkylation sites (N-methyl/N-ethyl adjacent to an activating group) is 1. The van der Waals surface area contributed by atoms with Crippen molar-refractivity contribution in [2.75, 3.05) is 45.3 Å². The summed E-state index contributed by atoms with van der Waals surface area (Å²) in [7, 11) is 3.49. The van der Waals surface area contributed by atoms with E-state index < -0.39 is 29.9 Å². The number of carbonyl (C=O) groups is 2. The van der Waals surface area contributed by atoms with Crippen molar-refractivity contribution in [2.24, 2.45) is 0 Å². The van der Waals surface area contributed by atoms with Crippen molar-refractivity contribution < 1.29 is 27.9 Å². The largest absolute Gasteiger partial charge is 0.416 e. The molecule has 2 aliphatic rings. The van der Waals surface area contributed by atoms with Gasteiger partial charge in [-0.2, -0.15) is 23.5 Å². The van der Waals surface area contributed by atoms with Crippen molar-refractivity contribution in [3.8, 4) is 11.8 Å². The zero-order valence-corrected chi connectivity index (χ0v) is 25.0. The second-order valence-electron chi connectivity index (χ2n) is 11.0. The van der Waals surface area contributed by atoms with Crippen LogP contribution in [0.25, 0.3) is 11.4 Å². The monoisotopic (exact) mass is 622 g/mol. The minimum Gasteiger partial charge on any atom is -0.368 e. The van der Waals surface area contributed by atoms with Gasteiger partial charge in [-0.15, -0.1) is 0 Å². The molecular weight excluding hydrogens is 589 g/mol. The number of carbonyl (C=O) groups excluding carboxylic acids is 2. The van der Waals surface area contributed by atoms with Crippen LogP contribution in [0.5, 0.6) is 0 Å². The number of aromatic nitrogens is 2. The SMILES string of the molecule is C[C@H](NC(=O)C1=C(c2ccnn2-c2ccc(C#N)cc2)N(C)N(c2cccc(C(F)(F)F)c2)C1O)C(=O)N1CCCN(C)CC1. The molecule has 2 aromatic carbocycles. The molecule has 2 amide bonds. The Balaban J connectivity index is 1.54. The van der Waals surface area contributed by atoms with Crippen molar-refractivity contribution in [2.45, 2.75) is 31.8 Å². The predicted molar refractivity (Wildman–Crippen MR) is 159 cm³/mol. The molecule has 14 heteroatoms. The smallest absolute Gasteiger partial charge is 0.368 e. The Hall–Kier alpha value is -4.87. The second kappa shape index (κ2) is 12.6. The number of hydrazine groups is 1. The van der Waals surface area contributed by atoms with E-state index in [0.29, 0.717) is 36.6 Å². The zero-order valence-electron chi connectivity index (χ0n) is 25.0. The Bertz CT molecular complexity index is 1650. The molecule has 0 bridgehead atoms. The number of halogens is 3. The Morgan fingerprint density at radius 3 is 2.47 bits per heavy atom. The molecule has 1 fully saturated rings. The zero-order chi connectivity index (χ0) is 32.5. The second-order valence-corrected chi connectivity index (χ2v) is 11.0. The molecule has 0 aliphatic carbocycles. The van der Waals surface area contributed by atoms with Gasteiger partial charge in [-0.25, -0.2) is 4.68 Å². The van der Waals surface area contributed by atoms with Gasteiger partial charge in [0, 0.05) is 26.7 Å². The summed E-state index contributed by atoms with van der Waals surface area (Å²) in [6.07, 6.45) is -4.09. The highest BCUT2D eigenvalue weighted by Gasteiger charge is 2.43. The molecule has 2 N–H and O–H groups in total. The fourth-order valence-electron chi connectivity index (χ4n) is 5.60. The number of benzene rings is 2. The van der Waals surface area contributed by atoms with Gasteiger partial charge in [0.05, 0.1) is 51.7 Å². The van der Waals surface area contributed by atoms with Gasteiger partial charge in [-0.1, -0.05) is 6.07 Å². The first-order valence-corrected chi connectivity index (χ1v) is 14.4. The molecule has 11 nitrogen and oxygen atoms in total. The van der Waals surface area contributed by atoms with Crippen LogP contribution in [0, 0.1) is 11.3 Å². The summed E-state index contributed by atoms with van der Waals surface area (Å²) in [6.45, 7) is 4.14. The van der Waals surface area contributed by atoms with E-state index in [2.05, 4.69) is 15.3 Å². The van der Waals surface area contributed by atoms with Gasteiger partial charge in [-0.05, 0) is 75.5 Å². The van der Waals surface area contributed by atoms with Crippen molar-refractivity contribution in [3.05, 3.63) is 83.2 Å². The average molecular weight is 623 g/mol. The van der Waals surface area contributed by atoms with Crippen LogP contribution in [0.15, 0.2) is 66.4 Å². The Morgan fingerprint density at radius 1 is 1.04 bits per heavy atom. The maximum atomic E-state index is 14.0. The van der Waals surface area contributed by atoms with E-state index >= 15 is 0 Å². The molecule has 0 saturated carbocycles. The topological polar surface area (TPSA) is 121 Å². The van der Waals surface area contributed by atoms with Gasteiger partial charge < -0.3 is 20.2 Å². The van der Waals surface area contributed by atoms with Crippen LogP contribution in [0.3, 0.4) is 0 Å². The highest BCUT2D eigenvalue weighted by atomic mass is 19.4. The number of nitrogens with one attached hydrogen (secondary N) is 1. The molecule has 5 rings (SSSR count). The minimum atomic E-state index is -4.64. The normalized spacial score (nSPS) is 18.5. The average Bonchev–Trinajstić information content (AvgIpc) is 3.51. The number of rotatable bonds is 6. The maximum Gasteiger partial charge on any atom is 0.416 e. The molecule has 1 saturated heterocycles. The lowest BCUT2D eigenvalue weighted by Gasteiger charge is -2.33. The lowest BCUT2D eigenvalue weighted by Crippen LogP contribution is -2.49. The Labute approximate surface area is 258 Å². The van der Waals surface area contributed by atoms with Gasteiger partial charge >= 0.3 is 6.18 Å². The fourth-order valence-corrected chi connectivity index (χ4v) is 5.60. The van der Waals surface area contributed by atoms with Crippen LogP contribution >= 0.6 is 0 Å². The van der Waals surface area contributed by atoms with E-state index in [4.69, 9.17) is 0 Å². The standard InChI is InChI=1S/C31H33F3N8O3/c1-20(29(44)40-15-5-14-38(2)16-17-40)37-28(43)26-27(25-12-13-36-41(25)23-10-8-21(19-35)9-11-23)39(3)42(30(26)45)24-7-4-6-22(18-24)31(32,33)34/h4,6-13,18,20,30,45H,5,14-17H2,1-3H3,(H,37,43)/t20-,30?/m0/s1. The highest BCUT2D eigenvalue weighted by molar-refractivity contribution is 6.05. The van der Waals surface area contributed by atoms with Crippen LogP contribution in [0.2, 0.25) is 0 Å². The first-order chi connectivity index (χ1) is 21.4. The molecule has 3 heterocycles. The van der Waals surface area contributed by atoms with Gasteiger partial charge in [0.15, 0.2) is 6.23 Å². The summed E-state index contributed by atoms with van der Waals surface area (Å²) in [5.41, 5.74) is 0.348. The molecule has 1 aromatic heterocycles. The first kappa shape index (κ1) is 31.6. The van der Waals surface area contributed by atoms with E-state index in [1.54, 1.807) is 42.2 Å². The first-order valence-electron chi connectivity index (χ1n) is 14.4. The van der Waals surface area contributed by atoms with Crippen LogP contribution in [-0.4, -0.2) is 94.1 Å². The van der Waals surface area contributed by atoms with E-state index in [9.17, 15) is 33.1 Å². The number of hydrogen-bond acceptors (Lipinski definition) is 8. The highest BCUT2D eigenvalue weighted by Crippen LogP contribution is 2.40. The molecule has 0 radical (unpaired) electrons. The van der Waals surface area contributed by atoms with Crippen LogP contribution in [0.4, 0.5) is 18.9 Å². The van der Waals surface area contributed by atoms with Crippen molar-refractivity contribution in [1.82, 2.24) is 29.9 Å². The quantitative estimate of drug-likeness (QED) is 0.431. The number of aliphatic hydroxyl groups is 1. The number of nitriles is 1. The summed E-state index contributed by atoms with van der Waals surface area (Å²) < 4.78 is 42.4. The molecule has 2 aliphatic heterocycles. The van der Waals surface area contributed by atoms with Gasteiger partial charge in [-0.3, -0.25) is 19.6 Å². The molecule has 0 spiro atoms. The summed E-state index contributed by atoms with van der Waals surface area (Å²) in [4.78, 5) is 31.1. The molecule has 3 aromatic rings. The third-order valence-electron chi connectivity index (χ3n) is 7.95. The Morgan fingerprint density at radius 2 is 1.78 bits per heavy atom. The molecule has 236 valence electrons. The van der Waals surface area contributed by atoms with Crippen molar-refractivity contribution in [3.63, 3.8) is 0 Å². The van der Waals surface area contributed by atoms with Crippen LogP contribution < -0.4 is 10.3 Å². The number of nitrogens with zero attached hydrogens (tertiary/aromatic N) is 7. The number of aliphatic hydroxyl groups excluding tert-OH is 1. The fraction of sp³-hybridized carbons (Fsp3) is 0.355. The maximum absolute atomic E-state index is 14.0. The number of alkyl halides is 3. The van der Waals surface area contributed by atoms with Gasteiger partial charge in [0.1, 0.15) is 6.04 Å². The van der Waals surface area contributed by atoms with Gasteiger partial charge in [0.25, 0.3) is 5.91 Å². The summed E-state index contributed by atoms with van der Waals surface area (Å²) in [5, 5.41) is 30.5. The minimum absolute atomic E-state index is 0.0117. The number of amides is 2. The lowest BCUT2D eigenvalue weighted by atomic mass is 10.1. The van der Waals surface area contributed by atoms with Crippen molar-refractivity contribution in [1.29, 1.82) is 5.26 Å². The summed E-state index contributed by atoms with van der Waals surface area (Å²) >= 11 is 0.